The Morgan fingerprint density at radius 1 is 1.50 bits per heavy atom. The quantitative estimate of drug-likeness (QED) is 0.894. The fraction of sp³-hybridized carbons (Fsp3) is 0.417. The van der Waals surface area contributed by atoms with Gasteiger partial charge in [0, 0.05) is 35.1 Å². The van der Waals surface area contributed by atoms with E-state index in [9.17, 15) is 9.18 Å². The molecule has 0 saturated carbocycles. The van der Waals surface area contributed by atoms with Crippen molar-refractivity contribution in [3.05, 3.63) is 29.6 Å². The van der Waals surface area contributed by atoms with Gasteiger partial charge in [0.15, 0.2) is 0 Å². The van der Waals surface area contributed by atoms with E-state index in [-0.39, 0.29) is 11.3 Å². The minimum absolute atomic E-state index is 0.0266. The number of nitrogens with one attached hydrogen (secondary N) is 1. The third-order valence-electron chi connectivity index (χ3n) is 2.57. The topological polar surface area (TPSA) is 49.3 Å². The monoisotopic (exact) mass is 287 g/mol. The fourth-order valence-electron chi connectivity index (χ4n) is 1.64. The molecule has 2 N–H and O–H groups in total. The number of hydrogen-bond donors (Lipinski definition) is 2. The number of phenols is 1. The molecule has 1 fully saturated rings. The molecule has 6 heteroatoms. The molecule has 98 valence electrons. The summed E-state index contributed by atoms with van der Waals surface area (Å²) in [5, 5.41) is 12.2. The van der Waals surface area contributed by atoms with Crippen LogP contribution in [-0.2, 0) is 0 Å². The largest absolute Gasteiger partial charge is 0.508 e. The molecule has 1 atom stereocenters. The summed E-state index contributed by atoms with van der Waals surface area (Å²) in [5.74, 6) is 1.97. The highest BCUT2D eigenvalue weighted by atomic mass is 32.2. The Kier molecular flexibility index (Phi) is 4.77. The molecule has 18 heavy (non-hydrogen) atoms. The van der Waals surface area contributed by atoms with Crippen LogP contribution in [0.2, 0.25) is 0 Å². The summed E-state index contributed by atoms with van der Waals surface area (Å²) in [4.78, 5) is 11.8. The molecule has 0 bridgehead atoms. The number of thioether (sulfide) groups is 2. The zero-order valence-corrected chi connectivity index (χ0v) is 11.3. The van der Waals surface area contributed by atoms with Crippen molar-refractivity contribution in [2.24, 2.45) is 0 Å². The van der Waals surface area contributed by atoms with Gasteiger partial charge >= 0.3 is 0 Å². The van der Waals surface area contributed by atoms with Gasteiger partial charge in [-0.05, 0) is 12.1 Å². The van der Waals surface area contributed by atoms with Gasteiger partial charge in [-0.3, -0.25) is 4.79 Å². The zero-order valence-electron chi connectivity index (χ0n) is 9.69. The average molecular weight is 287 g/mol. The number of amides is 1. The van der Waals surface area contributed by atoms with Crippen molar-refractivity contribution in [3.63, 3.8) is 0 Å². The van der Waals surface area contributed by atoms with Crippen molar-refractivity contribution in [2.45, 2.75) is 5.25 Å². The van der Waals surface area contributed by atoms with Crippen LogP contribution < -0.4 is 5.32 Å². The molecule has 1 unspecified atom stereocenters. The number of phenolic OH excluding ortho intramolecular Hbond substituents is 1. The smallest absolute Gasteiger partial charge is 0.254 e. The molecular weight excluding hydrogens is 273 g/mol. The SMILES string of the molecule is O=C(NCC1CSCCS1)c1ccc(O)cc1F. The highest BCUT2D eigenvalue weighted by molar-refractivity contribution is 8.06. The van der Waals surface area contributed by atoms with Gasteiger partial charge in [-0.2, -0.15) is 23.5 Å². The Bertz CT molecular complexity index is 436. The molecule has 1 heterocycles. The van der Waals surface area contributed by atoms with Crippen molar-refractivity contribution in [1.29, 1.82) is 0 Å². The van der Waals surface area contributed by atoms with Crippen molar-refractivity contribution in [3.8, 4) is 5.75 Å². The van der Waals surface area contributed by atoms with Crippen LogP contribution in [0.3, 0.4) is 0 Å². The highest BCUT2D eigenvalue weighted by Crippen LogP contribution is 2.23. The van der Waals surface area contributed by atoms with E-state index in [2.05, 4.69) is 5.32 Å². The second kappa shape index (κ2) is 6.33. The molecule has 1 aliphatic heterocycles. The summed E-state index contributed by atoms with van der Waals surface area (Å²) in [6.07, 6.45) is 0. The van der Waals surface area contributed by atoms with E-state index in [1.807, 2.05) is 23.5 Å². The van der Waals surface area contributed by atoms with Crippen LogP contribution in [0.4, 0.5) is 4.39 Å². The standard InChI is InChI=1S/C12H14FNO2S2/c13-11-5-8(15)1-2-10(11)12(16)14-6-9-7-17-3-4-18-9/h1-2,5,9,15H,3-4,6-7H2,(H,14,16). The molecule has 2 rings (SSSR count). The molecule has 0 spiro atoms. The van der Waals surface area contributed by atoms with Gasteiger partial charge in [0.1, 0.15) is 11.6 Å². The summed E-state index contributed by atoms with van der Waals surface area (Å²) in [5.41, 5.74) is -0.0266. The lowest BCUT2D eigenvalue weighted by Crippen LogP contribution is -2.33. The Morgan fingerprint density at radius 3 is 3.00 bits per heavy atom. The van der Waals surface area contributed by atoms with Gasteiger partial charge in [-0.1, -0.05) is 0 Å². The van der Waals surface area contributed by atoms with E-state index in [4.69, 9.17) is 5.11 Å². The summed E-state index contributed by atoms with van der Waals surface area (Å²) >= 11 is 3.71. The number of benzene rings is 1. The fourth-order valence-corrected chi connectivity index (χ4v) is 4.26. The lowest BCUT2D eigenvalue weighted by Gasteiger charge is -2.21. The van der Waals surface area contributed by atoms with E-state index >= 15 is 0 Å². The summed E-state index contributed by atoms with van der Waals surface area (Å²) in [7, 11) is 0. The van der Waals surface area contributed by atoms with Crippen LogP contribution in [0.15, 0.2) is 18.2 Å². The number of rotatable bonds is 3. The molecule has 1 aromatic carbocycles. The maximum Gasteiger partial charge on any atom is 0.254 e. The molecule has 0 aromatic heterocycles. The Balaban J connectivity index is 1.90. The van der Waals surface area contributed by atoms with Gasteiger partial charge in [0.2, 0.25) is 0 Å². The molecule has 1 amide bonds. The minimum atomic E-state index is -0.696. The Hall–Kier alpha value is -0.880. The summed E-state index contributed by atoms with van der Waals surface area (Å²) in [6, 6.07) is 3.55. The van der Waals surface area contributed by atoms with Crippen molar-refractivity contribution >= 4 is 29.4 Å². The van der Waals surface area contributed by atoms with Crippen LogP contribution >= 0.6 is 23.5 Å². The van der Waals surface area contributed by atoms with Gasteiger partial charge in [0.05, 0.1) is 5.56 Å². The second-order valence-corrected chi connectivity index (χ2v) is 6.50. The first-order valence-corrected chi connectivity index (χ1v) is 7.83. The first-order chi connectivity index (χ1) is 8.66. The number of aromatic hydroxyl groups is 1. The van der Waals surface area contributed by atoms with E-state index in [0.717, 1.165) is 23.3 Å². The van der Waals surface area contributed by atoms with Crippen LogP contribution in [0.1, 0.15) is 10.4 Å². The molecule has 1 aliphatic rings. The predicted octanol–water partition coefficient (Wildman–Crippen LogP) is 2.11. The minimum Gasteiger partial charge on any atom is -0.508 e. The molecule has 1 aromatic rings. The van der Waals surface area contributed by atoms with E-state index in [1.165, 1.54) is 12.1 Å². The van der Waals surface area contributed by atoms with E-state index in [1.54, 1.807) is 0 Å². The number of carbonyl (C=O) groups is 1. The second-order valence-electron chi connectivity index (χ2n) is 3.94. The first kappa shape index (κ1) is 13.5. The third kappa shape index (κ3) is 3.55. The Morgan fingerprint density at radius 2 is 2.33 bits per heavy atom. The molecule has 0 aliphatic carbocycles. The van der Waals surface area contributed by atoms with Crippen LogP contribution in [0, 0.1) is 5.82 Å². The molecule has 0 radical (unpaired) electrons. The maximum absolute atomic E-state index is 13.4. The van der Waals surface area contributed by atoms with Gasteiger partial charge in [0.25, 0.3) is 5.91 Å². The lowest BCUT2D eigenvalue weighted by atomic mass is 10.2. The maximum atomic E-state index is 13.4. The van der Waals surface area contributed by atoms with E-state index < -0.39 is 11.7 Å². The molecule has 1 saturated heterocycles. The van der Waals surface area contributed by atoms with Gasteiger partial charge < -0.3 is 10.4 Å². The predicted molar refractivity (Wildman–Crippen MR) is 74.0 cm³/mol. The normalized spacial score (nSPS) is 19.5. The first-order valence-electron chi connectivity index (χ1n) is 5.63. The van der Waals surface area contributed by atoms with Crippen molar-refractivity contribution < 1.29 is 14.3 Å². The summed E-state index contributed by atoms with van der Waals surface area (Å²) < 4.78 is 13.4. The third-order valence-corrected chi connectivity index (χ3v) is 5.42. The van der Waals surface area contributed by atoms with Gasteiger partial charge in [-0.15, -0.1) is 0 Å². The summed E-state index contributed by atoms with van der Waals surface area (Å²) in [6.45, 7) is 0.552. The van der Waals surface area contributed by atoms with Crippen molar-refractivity contribution in [2.75, 3.05) is 23.8 Å². The average Bonchev–Trinajstić information content (AvgIpc) is 2.37. The zero-order chi connectivity index (χ0) is 13.0. The van der Waals surface area contributed by atoms with Crippen LogP contribution in [-0.4, -0.2) is 40.1 Å². The molecular formula is C12H14FNO2S2. The van der Waals surface area contributed by atoms with Crippen LogP contribution in [0.25, 0.3) is 0 Å². The van der Waals surface area contributed by atoms with Gasteiger partial charge in [-0.25, -0.2) is 4.39 Å². The van der Waals surface area contributed by atoms with E-state index in [0.29, 0.717) is 11.8 Å². The lowest BCUT2D eigenvalue weighted by molar-refractivity contribution is 0.0950. The number of hydrogen-bond acceptors (Lipinski definition) is 4. The molecule has 3 nitrogen and oxygen atoms in total. The Labute approximate surface area is 114 Å². The number of halogens is 1. The van der Waals surface area contributed by atoms with Crippen LogP contribution in [0.5, 0.6) is 5.75 Å². The number of carbonyl (C=O) groups excluding carboxylic acids is 1. The highest BCUT2D eigenvalue weighted by Gasteiger charge is 2.17. The van der Waals surface area contributed by atoms with Crippen molar-refractivity contribution in [1.82, 2.24) is 5.32 Å².